The Labute approximate surface area is 177 Å². The SMILES string of the molecule is Br.CN=c1scc(-c2ccccc2)n1-c1c(C)n(C)n(-c2ccccc2)c1=O. The fourth-order valence-electron chi connectivity index (χ4n) is 3.30. The van der Waals surface area contributed by atoms with Crippen LogP contribution in [-0.4, -0.2) is 21.0 Å². The number of para-hydroxylation sites is 1. The Hall–Kier alpha value is -2.64. The van der Waals surface area contributed by atoms with E-state index in [0.717, 1.165) is 27.4 Å². The third-order valence-electron chi connectivity index (χ3n) is 4.72. The van der Waals surface area contributed by atoms with E-state index in [2.05, 4.69) is 10.4 Å². The van der Waals surface area contributed by atoms with Crippen LogP contribution >= 0.6 is 28.3 Å². The molecule has 2 aromatic carbocycles. The van der Waals surface area contributed by atoms with Gasteiger partial charge >= 0.3 is 0 Å². The van der Waals surface area contributed by atoms with Crippen molar-refractivity contribution < 1.29 is 0 Å². The van der Waals surface area contributed by atoms with Gasteiger partial charge in [-0.3, -0.25) is 19.0 Å². The van der Waals surface area contributed by atoms with Crippen LogP contribution < -0.4 is 10.4 Å². The van der Waals surface area contributed by atoms with Gasteiger partial charge in [0.2, 0.25) is 0 Å². The van der Waals surface area contributed by atoms with Crippen LogP contribution in [-0.2, 0) is 7.05 Å². The highest BCUT2D eigenvalue weighted by molar-refractivity contribution is 8.93. The number of rotatable bonds is 3. The van der Waals surface area contributed by atoms with Crippen LogP contribution in [0.1, 0.15) is 5.69 Å². The smallest absolute Gasteiger partial charge is 0.283 e. The highest BCUT2D eigenvalue weighted by Crippen LogP contribution is 2.24. The Morgan fingerprint density at radius 1 is 0.964 bits per heavy atom. The minimum atomic E-state index is -0.0633. The Morgan fingerprint density at radius 2 is 1.57 bits per heavy atom. The average molecular weight is 457 g/mol. The van der Waals surface area contributed by atoms with Crippen molar-refractivity contribution in [1.29, 1.82) is 0 Å². The number of hydrogen-bond donors (Lipinski definition) is 0. The number of benzene rings is 2. The van der Waals surface area contributed by atoms with Gasteiger partial charge in [-0.1, -0.05) is 48.5 Å². The first kappa shape index (κ1) is 20.1. The van der Waals surface area contributed by atoms with E-state index in [9.17, 15) is 4.79 Å². The molecular weight excluding hydrogens is 436 g/mol. The summed E-state index contributed by atoms with van der Waals surface area (Å²) in [5.41, 5.74) is 4.30. The van der Waals surface area contributed by atoms with Crippen molar-refractivity contribution in [3.8, 4) is 22.6 Å². The van der Waals surface area contributed by atoms with Crippen LogP contribution in [0.15, 0.2) is 75.8 Å². The molecular formula is C21H21BrN4OS. The molecule has 0 aliphatic heterocycles. The van der Waals surface area contributed by atoms with Crippen molar-refractivity contribution in [2.75, 3.05) is 7.05 Å². The predicted octanol–water partition coefficient (Wildman–Crippen LogP) is 4.11. The number of hydrogen-bond acceptors (Lipinski definition) is 3. The maximum atomic E-state index is 13.4. The summed E-state index contributed by atoms with van der Waals surface area (Å²) in [4.78, 5) is 18.6. The molecule has 0 radical (unpaired) electrons. The molecule has 4 aromatic rings. The monoisotopic (exact) mass is 456 g/mol. The van der Waals surface area contributed by atoms with Crippen LogP contribution in [0.4, 0.5) is 0 Å². The fourth-order valence-corrected chi connectivity index (χ4v) is 4.16. The van der Waals surface area contributed by atoms with E-state index < -0.39 is 0 Å². The average Bonchev–Trinajstić information content (AvgIpc) is 3.22. The third-order valence-corrected chi connectivity index (χ3v) is 5.63. The largest absolute Gasteiger partial charge is 0.296 e. The van der Waals surface area contributed by atoms with E-state index in [-0.39, 0.29) is 22.5 Å². The molecule has 0 fully saturated rings. The summed E-state index contributed by atoms with van der Waals surface area (Å²) in [7, 11) is 3.66. The molecule has 0 amide bonds. The molecule has 7 heteroatoms. The molecule has 0 aliphatic carbocycles. The molecule has 0 saturated heterocycles. The second-order valence-electron chi connectivity index (χ2n) is 6.24. The third kappa shape index (κ3) is 3.21. The number of thiazole rings is 1. The molecule has 28 heavy (non-hydrogen) atoms. The maximum absolute atomic E-state index is 13.4. The van der Waals surface area contributed by atoms with E-state index in [1.165, 1.54) is 11.3 Å². The van der Waals surface area contributed by atoms with E-state index in [1.807, 2.05) is 83.9 Å². The first-order valence-electron chi connectivity index (χ1n) is 8.66. The Kier molecular flexibility index (Phi) is 5.86. The summed E-state index contributed by atoms with van der Waals surface area (Å²) in [6.07, 6.45) is 0. The van der Waals surface area contributed by atoms with Gasteiger partial charge < -0.3 is 0 Å². The van der Waals surface area contributed by atoms with E-state index in [1.54, 1.807) is 11.7 Å². The van der Waals surface area contributed by atoms with Gasteiger partial charge in [-0.25, -0.2) is 4.68 Å². The van der Waals surface area contributed by atoms with E-state index in [0.29, 0.717) is 5.69 Å². The van der Waals surface area contributed by atoms with Gasteiger partial charge in [0.05, 0.1) is 17.1 Å². The van der Waals surface area contributed by atoms with Crippen molar-refractivity contribution >= 4 is 28.3 Å². The van der Waals surface area contributed by atoms with Crippen LogP contribution in [0.2, 0.25) is 0 Å². The molecule has 0 bridgehead atoms. The second kappa shape index (κ2) is 8.16. The predicted molar refractivity (Wildman–Crippen MR) is 120 cm³/mol. The van der Waals surface area contributed by atoms with E-state index in [4.69, 9.17) is 0 Å². The van der Waals surface area contributed by atoms with Crippen molar-refractivity contribution in [1.82, 2.24) is 13.9 Å². The zero-order valence-corrected chi connectivity index (χ0v) is 18.4. The summed E-state index contributed by atoms with van der Waals surface area (Å²) in [6, 6.07) is 19.8. The summed E-state index contributed by atoms with van der Waals surface area (Å²) < 4.78 is 5.56. The van der Waals surface area contributed by atoms with Gasteiger partial charge in [-0.2, -0.15) is 0 Å². The minimum Gasteiger partial charge on any atom is -0.283 e. The normalized spacial score (nSPS) is 11.5. The molecule has 0 aliphatic rings. The van der Waals surface area contributed by atoms with Crippen molar-refractivity contribution in [3.63, 3.8) is 0 Å². The zero-order chi connectivity index (χ0) is 19.0. The lowest BCUT2D eigenvalue weighted by atomic mass is 10.1. The summed E-state index contributed by atoms with van der Waals surface area (Å²) >= 11 is 1.53. The highest BCUT2D eigenvalue weighted by Gasteiger charge is 2.21. The molecule has 2 heterocycles. The van der Waals surface area contributed by atoms with Gasteiger partial charge in [0.25, 0.3) is 5.56 Å². The lowest BCUT2D eigenvalue weighted by Crippen LogP contribution is -2.24. The number of nitrogens with zero attached hydrogens (tertiary/aromatic N) is 4. The van der Waals surface area contributed by atoms with Gasteiger partial charge in [0.1, 0.15) is 5.69 Å². The van der Waals surface area contributed by atoms with Crippen LogP contribution in [0.3, 0.4) is 0 Å². The molecule has 144 valence electrons. The molecule has 0 atom stereocenters. The summed E-state index contributed by atoms with van der Waals surface area (Å²) in [6.45, 7) is 1.97. The maximum Gasteiger partial charge on any atom is 0.296 e. The van der Waals surface area contributed by atoms with Gasteiger partial charge in [-0.05, 0) is 24.6 Å². The molecule has 0 N–H and O–H groups in total. The number of aromatic nitrogens is 3. The first-order valence-corrected chi connectivity index (χ1v) is 9.54. The van der Waals surface area contributed by atoms with Gasteiger partial charge in [-0.15, -0.1) is 28.3 Å². The van der Waals surface area contributed by atoms with Crippen molar-refractivity contribution in [3.05, 3.63) is 86.9 Å². The lowest BCUT2D eigenvalue weighted by molar-refractivity contribution is 0.630. The van der Waals surface area contributed by atoms with Crippen LogP contribution in [0.25, 0.3) is 22.6 Å². The molecule has 0 spiro atoms. The van der Waals surface area contributed by atoms with Crippen molar-refractivity contribution in [2.45, 2.75) is 6.92 Å². The molecule has 5 nitrogen and oxygen atoms in total. The Balaban J connectivity index is 0.00000225. The fraction of sp³-hybridized carbons (Fsp3) is 0.143. The Morgan fingerprint density at radius 3 is 2.18 bits per heavy atom. The van der Waals surface area contributed by atoms with Crippen molar-refractivity contribution in [2.24, 2.45) is 12.0 Å². The van der Waals surface area contributed by atoms with E-state index >= 15 is 0 Å². The summed E-state index contributed by atoms with van der Waals surface area (Å²) in [5, 5.41) is 2.05. The first-order chi connectivity index (χ1) is 13.1. The summed E-state index contributed by atoms with van der Waals surface area (Å²) in [5.74, 6) is 0. The molecule has 0 unspecified atom stereocenters. The highest BCUT2D eigenvalue weighted by atomic mass is 79.9. The van der Waals surface area contributed by atoms with Crippen LogP contribution in [0, 0.1) is 6.92 Å². The van der Waals surface area contributed by atoms with Gasteiger partial charge in [0, 0.05) is 19.5 Å². The lowest BCUT2D eigenvalue weighted by Gasteiger charge is -2.08. The minimum absolute atomic E-state index is 0. The van der Waals surface area contributed by atoms with Gasteiger partial charge in [0.15, 0.2) is 4.80 Å². The topological polar surface area (TPSA) is 44.2 Å². The quantitative estimate of drug-likeness (QED) is 0.457. The molecule has 4 rings (SSSR count). The molecule has 0 saturated carbocycles. The zero-order valence-electron chi connectivity index (χ0n) is 15.9. The Bertz CT molecular complexity index is 1220. The van der Waals surface area contributed by atoms with Crippen LogP contribution in [0.5, 0.6) is 0 Å². The number of halogens is 1. The second-order valence-corrected chi connectivity index (χ2v) is 7.08. The molecule has 2 aromatic heterocycles. The standard InChI is InChI=1S/C21H20N4OS.BrH/c1-15-19(20(26)25(23(15)3)17-12-8-5-9-13-17)24-18(14-27-21(24)22-2)16-10-6-4-7-11-16;/h4-14H,1-3H3;1H.